The average Bonchev–Trinajstić information content (AvgIpc) is 2.72. The number of nitrogens with one attached hydrogen (secondary N) is 2. The van der Waals surface area contributed by atoms with E-state index in [1.54, 1.807) is 4.68 Å². The Hall–Kier alpha value is -2.11. The summed E-state index contributed by atoms with van der Waals surface area (Å²) in [7, 11) is 1.90. The molecule has 2 aromatic rings. The molecule has 0 aliphatic carbocycles. The molecule has 0 aliphatic heterocycles. The van der Waals surface area contributed by atoms with Crippen LogP contribution in [0.25, 0.3) is 0 Å². The van der Waals surface area contributed by atoms with Crippen LogP contribution in [0.5, 0.6) is 0 Å². The van der Waals surface area contributed by atoms with Gasteiger partial charge >= 0.3 is 0 Å². The second kappa shape index (κ2) is 5.48. The number of anilines is 2. The Morgan fingerprint density at radius 1 is 1.22 bits per heavy atom. The molecular formula is C12H18N6. The third-order valence-electron chi connectivity index (χ3n) is 2.42. The Morgan fingerprint density at radius 3 is 2.56 bits per heavy atom. The molecule has 0 atom stereocenters. The Labute approximate surface area is 106 Å². The zero-order chi connectivity index (χ0) is 13.0. The predicted octanol–water partition coefficient (Wildman–Crippen LogP) is 1.56. The molecule has 2 aromatic heterocycles. The Balaban J connectivity index is 2.04. The fourth-order valence-electron chi connectivity index (χ4n) is 1.67. The first-order valence-electron chi connectivity index (χ1n) is 5.99. The number of rotatable bonds is 5. The molecule has 2 rings (SSSR count). The Morgan fingerprint density at radius 2 is 1.94 bits per heavy atom. The van der Waals surface area contributed by atoms with E-state index in [1.165, 1.54) is 0 Å². The van der Waals surface area contributed by atoms with E-state index in [9.17, 15) is 0 Å². The van der Waals surface area contributed by atoms with Crippen LogP contribution < -0.4 is 10.6 Å². The van der Waals surface area contributed by atoms with Crippen molar-refractivity contribution in [3.05, 3.63) is 29.8 Å². The van der Waals surface area contributed by atoms with Crippen LogP contribution in [0.2, 0.25) is 0 Å². The summed E-state index contributed by atoms with van der Waals surface area (Å²) in [6.07, 6.45) is 1.92. The number of aromatic nitrogens is 4. The number of hydrogen-bond acceptors (Lipinski definition) is 5. The number of aryl methyl sites for hydroxylation is 2. The van der Waals surface area contributed by atoms with Crippen LogP contribution in [-0.2, 0) is 13.6 Å². The standard InChI is InChI=1S/C12H18N6/c1-4-13-11-7-12(16-9(2)15-11)14-8-10-5-6-18(3)17-10/h5-7H,4,8H2,1-3H3,(H2,13,14,15,16). The fraction of sp³-hybridized carbons (Fsp3) is 0.417. The minimum atomic E-state index is 0.656. The normalized spacial score (nSPS) is 10.4. The summed E-state index contributed by atoms with van der Waals surface area (Å²) in [6, 6.07) is 3.88. The third kappa shape index (κ3) is 3.19. The molecule has 0 amide bonds. The largest absolute Gasteiger partial charge is 0.370 e. The monoisotopic (exact) mass is 246 g/mol. The SMILES string of the molecule is CCNc1cc(NCc2ccn(C)n2)nc(C)n1. The molecule has 96 valence electrons. The van der Waals surface area contributed by atoms with Crippen molar-refractivity contribution in [2.45, 2.75) is 20.4 Å². The summed E-state index contributed by atoms with van der Waals surface area (Å²) in [5, 5.41) is 10.7. The molecule has 0 fully saturated rings. The summed E-state index contributed by atoms with van der Waals surface area (Å²) in [6.45, 7) is 5.42. The van der Waals surface area contributed by atoms with Crippen molar-refractivity contribution in [1.82, 2.24) is 19.7 Å². The molecule has 6 heteroatoms. The highest BCUT2D eigenvalue weighted by atomic mass is 15.3. The van der Waals surface area contributed by atoms with E-state index < -0.39 is 0 Å². The van der Waals surface area contributed by atoms with Crippen molar-refractivity contribution in [1.29, 1.82) is 0 Å². The maximum absolute atomic E-state index is 4.34. The maximum Gasteiger partial charge on any atom is 0.132 e. The maximum atomic E-state index is 4.34. The summed E-state index contributed by atoms with van der Waals surface area (Å²) in [4.78, 5) is 8.64. The van der Waals surface area contributed by atoms with Gasteiger partial charge in [0.2, 0.25) is 0 Å². The fourth-order valence-corrected chi connectivity index (χ4v) is 1.67. The van der Waals surface area contributed by atoms with E-state index in [0.717, 1.165) is 29.7 Å². The minimum Gasteiger partial charge on any atom is -0.370 e. The molecule has 0 spiro atoms. The van der Waals surface area contributed by atoms with Crippen LogP contribution in [0.1, 0.15) is 18.4 Å². The van der Waals surface area contributed by atoms with Gasteiger partial charge in [0.05, 0.1) is 12.2 Å². The molecule has 2 N–H and O–H groups in total. The molecule has 0 aliphatic rings. The van der Waals surface area contributed by atoms with Gasteiger partial charge in [-0.1, -0.05) is 0 Å². The first kappa shape index (κ1) is 12.3. The van der Waals surface area contributed by atoms with Crippen LogP contribution in [0, 0.1) is 6.92 Å². The van der Waals surface area contributed by atoms with Crippen molar-refractivity contribution >= 4 is 11.6 Å². The Kier molecular flexibility index (Phi) is 3.76. The van der Waals surface area contributed by atoms with Gasteiger partial charge in [-0.25, -0.2) is 9.97 Å². The summed E-state index contributed by atoms with van der Waals surface area (Å²) in [5.74, 6) is 2.40. The zero-order valence-corrected chi connectivity index (χ0v) is 10.9. The van der Waals surface area contributed by atoms with Crippen molar-refractivity contribution in [2.24, 2.45) is 7.05 Å². The van der Waals surface area contributed by atoms with Crippen molar-refractivity contribution < 1.29 is 0 Å². The second-order valence-electron chi connectivity index (χ2n) is 4.05. The molecule has 0 radical (unpaired) electrons. The molecule has 18 heavy (non-hydrogen) atoms. The van der Waals surface area contributed by atoms with Gasteiger partial charge in [-0.3, -0.25) is 4.68 Å². The van der Waals surface area contributed by atoms with Gasteiger partial charge in [0.15, 0.2) is 0 Å². The van der Waals surface area contributed by atoms with Gasteiger partial charge < -0.3 is 10.6 Å². The minimum absolute atomic E-state index is 0.656. The van der Waals surface area contributed by atoms with Gasteiger partial charge in [0.1, 0.15) is 17.5 Å². The van der Waals surface area contributed by atoms with E-state index in [0.29, 0.717) is 6.54 Å². The van der Waals surface area contributed by atoms with E-state index in [4.69, 9.17) is 0 Å². The van der Waals surface area contributed by atoms with Crippen LogP contribution in [0.15, 0.2) is 18.3 Å². The summed E-state index contributed by atoms with van der Waals surface area (Å²) < 4.78 is 1.78. The van der Waals surface area contributed by atoms with Crippen LogP contribution in [0.3, 0.4) is 0 Å². The van der Waals surface area contributed by atoms with Gasteiger partial charge in [0, 0.05) is 25.9 Å². The third-order valence-corrected chi connectivity index (χ3v) is 2.42. The quantitative estimate of drug-likeness (QED) is 0.838. The zero-order valence-electron chi connectivity index (χ0n) is 10.9. The lowest BCUT2D eigenvalue weighted by molar-refractivity contribution is 0.746. The lowest BCUT2D eigenvalue weighted by Crippen LogP contribution is -2.07. The van der Waals surface area contributed by atoms with E-state index in [-0.39, 0.29) is 0 Å². The highest BCUT2D eigenvalue weighted by Gasteiger charge is 2.02. The van der Waals surface area contributed by atoms with Crippen molar-refractivity contribution in [3.8, 4) is 0 Å². The van der Waals surface area contributed by atoms with Crippen molar-refractivity contribution in [2.75, 3.05) is 17.2 Å². The van der Waals surface area contributed by atoms with E-state index in [2.05, 4.69) is 25.7 Å². The lowest BCUT2D eigenvalue weighted by Gasteiger charge is -2.08. The van der Waals surface area contributed by atoms with Crippen molar-refractivity contribution in [3.63, 3.8) is 0 Å². The first-order chi connectivity index (χ1) is 8.67. The Bertz CT molecular complexity index is 519. The van der Waals surface area contributed by atoms with Crippen LogP contribution in [-0.4, -0.2) is 26.3 Å². The lowest BCUT2D eigenvalue weighted by atomic mass is 10.4. The summed E-state index contributed by atoms with van der Waals surface area (Å²) in [5.41, 5.74) is 0.985. The molecule has 0 bridgehead atoms. The topological polar surface area (TPSA) is 67.7 Å². The predicted molar refractivity (Wildman–Crippen MR) is 71.5 cm³/mol. The number of nitrogens with zero attached hydrogens (tertiary/aromatic N) is 4. The smallest absolute Gasteiger partial charge is 0.132 e. The molecule has 6 nitrogen and oxygen atoms in total. The molecule has 0 saturated heterocycles. The van der Waals surface area contributed by atoms with Gasteiger partial charge in [0.25, 0.3) is 0 Å². The second-order valence-corrected chi connectivity index (χ2v) is 4.05. The molecule has 0 aromatic carbocycles. The summed E-state index contributed by atoms with van der Waals surface area (Å²) >= 11 is 0. The molecule has 0 saturated carbocycles. The van der Waals surface area contributed by atoms with Gasteiger partial charge in [-0.15, -0.1) is 0 Å². The van der Waals surface area contributed by atoms with E-state index in [1.807, 2.05) is 39.2 Å². The first-order valence-corrected chi connectivity index (χ1v) is 5.99. The molecule has 0 unspecified atom stereocenters. The highest BCUT2D eigenvalue weighted by Crippen LogP contribution is 2.11. The van der Waals surface area contributed by atoms with Gasteiger partial charge in [-0.2, -0.15) is 5.10 Å². The van der Waals surface area contributed by atoms with Gasteiger partial charge in [-0.05, 0) is 19.9 Å². The highest BCUT2D eigenvalue weighted by molar-refractivity contribution is 5.47. The number of hydrogen-bond donors (Lipinski definition) is 2. The average molecular weight is 246 g/mol. The molecule has 2 heterocycles. The van der Waals surface area contributed by atoms with E-state index >= 15 is 0 Å². The van der Waals surface area contributed by atoms with Crippen LogP contribution >= 0.6 is 0 Å². The van der Waals surface area contributed by atoms with Crippen LogP contribution in [0.4, 0.5) is 11.6 Å². The molecular weight excluding hydrogens is 228 g/mol.